The molecule has 2 N–H and O–H groups in total. The van der Waals surface area contributed by atoms with Gasteiger partial charge in [-0.3, -0.25) is 0 Å². The summed E-state index contributed by atoms with van der Waals surface area (Å²) in [5.41, 5.74) is 7.01. The SMILES string of the molecule is CC1(C)CC1(CN)C1CCCSC1. The van der Waals surface area contributed by atoms with Crippen molar-refractivity contribution < 1.29 is 0 Å². The number of nitrogens with two attached hydrogens (primary N) is 1. The van der Waals surface area contributed by atoms with E-state index in [0.29, 0.717) is 10.8 Å². The van der Waals surface area contributed by atoms with E-state index >= 15 is 0 Å². The lowest BCUT2D eigenvalue weighted by Crippen LogP contribution is -2.32. The Morgan fingerprint density at radius 3 is 2.54 bits per heavy atom. The lowest BCUT2D eigenvalue weighted by atomic mass is 9.81. The summed E-state index contributed by atoms with van der Waals surface area (Å²) >= 11 is 2.13. The minimum Gasteiger partial charge on any atom is -0.330 e. The van der Waals surface area contributed by atoms with Crippen LogP contribution in [-0.4, -0.2) is 18.1 Å². The third-order valence-electron chi connectivity index (χ3n) is 4.29. The summed E-state index contributed by atoms with van der Waals surface area (Å²) in [5.74, 6) is 3.64. The van der Waals surface area contributed by atoms with E-state index in [1.807, 2.05) is 0 Å². The molecule has 1 saturated heterocycles. The molecule has 0 spiro atoms. The van der Waals surface area contributed by atoms with Crippen molar-refractivity contribution in [3.8, 4) is 0 Å². The van der Waals surface area contributed by atoms with Crippen molar-refractivity contribution in [2.75, 3.05) is 18.1 Å². The highest BCUT2D eigenvalue weighted by atomic mass is 32.2. The summed E-state index contributed by atoms with van der Waals surface area (Å²) in [4.78, 5) is 0. The second-order valence-electron chi connectivity index (χ2n) is 5.33. The second kappa shape index (κ2) is 3.16. The fourth-order valence-corrected chi connectivity index (χ4v) is 4.44. The number of rotatable bonds is 2. The topological polar surface area (TPSA) is 26.0 Å². The maximum Gasteiger partial charge on any atom is -0.00122 e. The number of hydrogen-bond donors (Lipinski definition) is 1. The molecule has 2 atom stereocenters. The molecule has 1 nitrogen and oxygen atoms in total. The van der Waals surface area contributed by atoms with Crippen molar-refractivity contribution in [3.05, 3.63) is 0 Å². The first kappa shape index (κ1) is 9.85. The average Bonchev–Trinajstić information content (AvgIpc) is 2.72. The van der Waals surface area contributed by atoms with E-state index in [1.165, 1.54) is 30.8 Å². The first-order valence-corrected chi connectivity index (χ1v) is 6.56. The maximum absolute atomic E-state index is 5.97. The van der Waals surface area contributed by atoms with Crippen molar-refractivity contribution in [1.29, 1.82) is 0 Å². The fraction of sp³-hybridized carbons (Fsp3) is 1.00. The number of thioether (sulfide) groups is 1. The van der Waals surface area contributed by atoms with Crippen molar-refractivity contribution in [1.82, 2.24) is 0 Å². The molecule has 0 amide bonds. The molecule has 0 bridgehead atoms. The van der Waals surface area contributed by atoms with Crippen molar-refractivity contribution in [2.45, 2.75) is 33.1 Å². The van der Waals surface area contributed by atoms with Gasteiger partial charge in [0.05, 0.1) is 0 Å². The Morgan fingerprint density at radius 2 is 2.15 bits per heavy atom. The van der Waals surface area contributed by atoms with E-state index in [2.05, 4.69) is 25.6 Å². The van der Waals surface area contributed by atoms with Crippen LogP contribution in [0.1, 0.15) is 33.1 Å². The molecule has 2 aliphatic rings. The molecule has 1 heterocycles. The first-order valence-electron chi connectivity index (χ1n) is 5.40. The smallest absolute Gasteiger partial charge is 0.00122 e. The van der Waals surface area contributed by atoms with E-state index in [-0.39, 0.29) is 0 Å². The van der Waals surface area contributed by atoms with Crippen molar-refractivity contribution in [3.63, 3.8) is 0 Å². The normalized spacial score (nSPS) is 43.2. The Kier molecular flexibility index (Phi) is 2.40. The summed E-state index contributed by atoms with van der Waals surface area (Å²) in [7, 11) is 0. The van der Waals surface area contributed by atoms with Gasteiger partial charge < -0.3 is 5.73 Å². The molecule has 2 heteroatoms. The van der Waals surface area contributed by atoms with E-state index in [9.17, 15) is 0 Å². The van der Waals surface area contributed by atoms with Gasteiger partial charge in [0.15, 0.2) is 0 Å². The zero-order valence-electron chi connectivity index (χ0n) is 8.81. The van der Waals surface area contributed by atoms with Gasteiger partial charge in [-0.25, -0.2) is 0 Å². The van der Waals surface area contributed by atoms with Crippen LogP contribution in [0.25, 0.3) is 0 Å². The van der Waals surface area contributed by atoms with Gasteiger partial charge in [0, 0.05) is 0 Å². The van der Waals surface area contributed by atoms with Crippen LogP contribution >= 0.6 is 11.8 Å². The van der Waals surface area contributed by atoms with Gasteiger partial charge in [-0.2, -0.15) is 11.8 Å². The third kappa shape index (κ3) is 1.42. The average molecular weight is 199 g/mol. The van der Waals surface area contributed by atoms with E-state index in [1.54, 1.807) is 0 Å². The Balaban J connectivity index is 2.05. The summed E-state index contributed by atoms with van der Waals surface area (Å²) in [6, 6.07) is 0. The lowest BCUT2D eigenvalue weighted by Gasteiger charge is -2.32. The molecule has 0 aromatic carbocycles. The van der Waals surface area contributed by atoms with Gasteiger partial charge in [-0.15, -0.1) is 0 Å². The maximum atomic E-state index is 5.97. The van der Waals surface area contributed by atoms with Gasteiger partial charge in [0.1, 0.15) is 0 Å². The molecule has 0 aromatic rings. The van der Waals surface area contributed by atoms with Gasteiger partial charge in [0.2, 0.25) is 0 Å². The molecule has 1 aliphatic carbocycles. The van der Waals surface area contributed by atoms with Gasteiger partial charge in [-0.05, 0) is 54.1 Å². The first-order chi connectivity index (χ1) is 6.12. The molecule has 13 heavy (non-hydrogen) atoms. The van der Waals surface area contributed by atoms with E-state index < -0.39 is 0 Å². The Bertz CT molecular complexity index is 196. The van der Waals surface area contributed by atoms with Crippen molar-refractivity contribution in [2.24, 2.45) is 22.5 Å². The molecule has 76 valence electrons. The zero-order chi connectivity index (χ0) is 9.53. The van der Waals surface area contributed by atoms with Crippen LogP contribution in [0, 0.1) is 16.7 Å². The summed E-state index contributed by atoms with van der Waals surface area (Å²) < 4.78 is 0. The summed E-state index contributed by atoms with van der Waals surface area (Å²) in [6.07, 6.45) is 4.20. The van der Waals surface area contributed by atoms with E-state index in [4.69, 9.17) is 5.73 Å². The summed E-state index contributed by atoms with van der Waals surface area (Å²) in [6.45, 7) is 5.68. The molecule has 0 radical (unpaired) electrons. The summed E-state index contributed by atoms with van der Waals surface area (Å²) in [5, 5.41) is 0. The standard InChI is InChI=1S/C11H21NS/c1-10(2)7-11(10,8-12)9-4-3-5-13-6-9/h9H,3-8,12H2,1-2H3. The van der Waals surface area contributed by atoms with Crippen molar-refractivity contribution >= 4 is 11.8 Å². The molecule has 1 aliphatic heterocycles. The highest BCUT2D eigenvalue weighted by molar-refractivity contribution is 7.99. The van der Waals surface area contributed by atoms with Crippen LogP contribution in [-0.2, 0) is 0 Å². The van der Waals surface area contributed by atoms with Crippen LogP contribution < -0.4 is 5.73 Å². The Morgan fingerprint density at radius 1 is 1.46 bits per heavy atom. The minimum absolute atomic E-state index is 0.514. The molecule has 2 rings (SSSR count). The Labute approximate surface area is 85.8 Å². The molecule has 2 fully saturated rings. The van der Waals surface area contributed by atoms with Gasteiger partial charge >= 0.3 is 0 Å². The second-order valence-corrected chi connectivity index (χ2v) is 6.48. The Hall–Kier alpha value is 0.310. The lowest BCUT2D eigenvalue weighted by molar-refractivity contribution is 0.255. The van der Waals surface area contributed by atoms with Gasteiger partial charge in [-0.1, -0.05) is 13.8 Å². The highest BCUT2D eigenvalue weighted by Gasteiger charge is 2.63. The largest absolute Gasteiger partial charge is 0.330 e. The third-order valence-corrected chi connectivity index (χ3v) is 5.50. The minimum atomic E-state index is 0.514. The van der Waals surface area contributed by atoms with Crippen LogP contribution in [0.5, 0.6) is 0 Å². The quantitative estimate of drug-likeness (QED) is 0.739. The molecule has 2 unspecified atom stereocenters. The monoisotopic (exact) mass is 199 g/mol. The predicted octanol–water partition coefficient (Wildman–Crippen LogP) is 2.50. The van der Waals surface area contributed by atoms with Crippen LogP contribution in [0.15, 0.2) is 0 Å². The van der Waals surface area contributed by atoms with Crippen LogP contribution in [0.3, 0.4) is 0 Å². The predicted molar refractivity (Wildman–Crippen MR) is 59.9 cm³/mol. The molecule has 0 aromatic heterocycles. The molecule has 1 saturated carbocycles. The number of hydrogen-bond acceptors (Lipinski definition) is 2. The zero-order valence-corrected chi connectivity index (χ0v) is 9.62. The molecular formula is C11H21NS. The molecular weight excluding hydrogens is 178 g/mol. The highest BCUT2D eigenvalue weighted by Crippen LogP contribution is 2.68. The van der Waals surface area contributed by atoms with Gasteiger partial charge in [0.25, 0.3) is 0 Å². The van der Waals surface area contributed by atoms with E-state index in [0.717, 1.165) is 12.5 Å². The van der Waals surface area contributed by atoms with Crippen LogP contribution in [0.4, 0.5) is 0 Å². The fourth-order valence-electron chi connectivity index (χ4n) is 3.13. The van der Waals surface area contributed by atoms with Crippen LogP contribution in [0.2, 0.25) is 0 Å².